The van der Waals surface area contributed by atoms with Crippen molar-refractivity contribution in [1.82, 2.24) is 9.88 Å². The van der Waals surface area contributed by atoms with Crippen LogP contribution in [-0.4, -0.2) is 25.4 Å². The molecule has 0 fully saturated rings. The quantitative estimate of drug-likeness (QED) is 0.557. The van der Waals surface area contributed by atoms with Gasteiger partial charge in [-0.2, -0.15) is 0 Å². The fraction of sp³-hybridized carbons (Fsp3) is 0.643. The van der Waals surface area contributed by atoms with E-state index in [0.717, 1.165) is 12.8 Å². The van der Waals surface area contributed by atoms with Crippen molar-refractivity contribution in [3.63, 3.8) is 0 Å². The molecule has 0 saturated carbocycles. The summed E-state index contributed by atoms with van der Waals surface area (Å²) < 4.78 is 23.9. The molecule has 120 valence electrons. The van der Waals surface area contributed by atoms with Crippen LogP contribution in [0.2, 0.25) is 0 Å². The van der Waals surface area contributed by atoms with Crippen molar-refractivity contribution < 1.29 is 13.2 Å². The fourth-order valence-corrected chi connectivity index (χ4v) is 2.88. The maximum Gasteiger partial charge on any atom is 0.267 e. The summed E-state index contributed by atoms with van der Waals surface area (Å²) in [5.74, 6) is -0.280. The average molecular weight is 335 g/mol. The Kier molecular flexibility index (Phi) is 7.25. The van der Waals surface area contributed by atoms with Crippen molar-refractivity contribution in [3.8, 4) is 0 Å². The first-order valence-electron chi connectivity index (χ1n) is 7.25. The number of hydrogen-bond acceptors (Lipinski definition) is 3. The molecule has 1 rings (SSSR count). The summed E-state index contributed by atoms with van der Waals surface area (Å²) in [6, 6.07) is 1.29. The summed E-state index contributed by atoms with van der Waals surface area (Å²) >= 11 is 0. The highest BCUT2D eigenvalue weighted by Crippen LogP contribution is 2.17. The molecule has 0 aromatic carbocycles. The molecule has 0 radical (unpaired) electrons. The van der Waals surface area contributed by atoms with E-state index in [9.17, 15) is 13.2 Å². The third-order valence-corrected chi connectivity index (χ3v) is 4.63. The third-order valence-electron chi connectivity index (χ3n) is 3.31. The van der Waals surface area contributed by atoms with Gasteiger partial charge in [-0.05, 0) is 12.5 Å². The monoisotopic (exact) mass is 334 g/mol. The van der Waals surface area contributed by atoms with E-state index in [0.29, 0.717) is 12.2 Å². The SMILES string of the molecule is CCCCCCCCNC(=O)c1cc(S(=O)(=O)Cl)cn1C. The maximum absolute atomic E-state index is 12.0. The van der Waals surface area contributed by atoms with Crippen molar-refractivity contribution in [2.24, 2.45) is 7.05 Å². The first-order valence-corrected chi connectivity index (χ1v) is 9.56. The molecular weight excluding hydrogens is 312 g/mol. The normalized spacial score (nSPS) is 11.6. The first-order chi connectivity index (χ1) is 9.86. The van der Waals surface area contributed by atoms with Crippen LogP contribution in [-0.2, 0) is 16.1 Å². The minimum Gasteiger partial charge on any atom is -0.351 e. The van der Waals surface area contributed by atoms with Crippen LogP contribution in [0.1, 0.15) is 55.9 Å². The van der Waals surface area contributed by atoms with Crippen LogP contribution in [0.5, 0.6) is 0 Å². The van der Waals surface area contributed by atoms with Gasteiger partial charge in [0.05, 0.1) is 0 Å². The van der Waals surface area contributed by atoms with Crippen LogP contribution in [0, 0.1) is 0 Å². The summed E-state index contributed by atoms with van der Waals surface area (Å²) in [4.78, 5) is 11.9. The Bertz CT molecular complexity index is 567. The van der Waals surface area contributed by atoms with Crippen LogP contribution < -0.4 is 5.32 Å². The summed E-state index contributed by atoms with van der Waals surface area (Å²) in [6.45, 7) is 2.77. The lowest BCUT2D eigenvalue weighted by Gasteiger charge is -2.05. The van der Waals surface area contributed by atoms with E-state index in [2.05, 4.69) is 12.2 Å². The molecule has 1 aromatic rings. The zero-order valence-electron chi connectivity index (χ0n) is 12.6. The van der Waals surface area contributed by atoms with E-state index in [-0.39, 0.29) is 10.8 Å². The third kappa shape index (κ3) is 6.09. The van der Waals surface area contributed by atoms with E-state index >= 15 is 0 Å². The van der Waals surface area contributed by atoms with Gasteiger partial charge in [-0.15, -0.1) is 0 Å². The Hall–Kier alpha value is -1.01. The summed E-state index contributed by atoms with van der Waals surface area (Å²) in [5.41, 5.74) is 0.292. The van der Waals surface area contributed by atoms with Gasteiger partial charge in [-0.1, -0.05) is 39.0 Å². The number of rotatable bonds is 9. The molecule has 0 atom stereocenters. The molecule has 7 heteroatoms. The maximum atomic E-state index is 12.0. The van der Waals surface area contributed by atoms with Crippen LogP contribution in [0.15, 0.2) is 17.2 Å². The van der Waals surface area contributed by atoms with Crippen molar-refractivity contribution in [2.45, 2.75) is 50.3 Å². The predicted octanol–water partition coefficient (Wildman–Crippen LogP) is 3.04. The highest BCUT2D eigenvalue weighted by Gasteiger charge is 2.18. The van der Waals surface area contributed by atoms with Crippen LogP contribution in [0.4, 0.5) is 0 Å². The van der Waals surface area contributed by atoms with Crippen LogP contribution >= 0.6 is 10.7 Å². The number of nitrogens with one attached hydrogen (secondary N) is 1. The molecule has 0 saturated heterocycles. The van der Waals surface area contributed by atoms with E-state index in [1.165, 1.54) is 42.5 Å². The fourth-order valence-electron chi connectivity index (χ4n) is 2.09. The zero-order valence-corrected chi connectivity index (χ0v) is 14.1. The highest BCUT2D eigenvalue weighted by atomic mass is 35.7. The van der Waals surface area contributed by atoms with Gasteiger partial charge in [0.1, 0.15) is 10.6 Å². The van der Waals surface area contributed by atoms with E-state index in [1.807, 2.05) is 0 Å². The first kappa shape index (κ1) is 18.0. The van der Waals surface area contributed by atoms with Crippen LogP contribution in [0.25, 0.3) is 0 Å². The molecule has 0 aliphatic carbocycles. The molecule has 1 aromatic heterocycles. The van der Waals surface area contributed by atoms with Gasteiger partial charge in [0.2, 0.25) is 0 Å². The van der Waals surface area contributed by atoms with Gasteiger partial charge in [0.15, 0.2) is 0 Å². The summed E-state index contributed by atoms with van der Waals surface area (Å²) in [7, 11) is 3.07. The molecular formula is C14H23ClN2O3S. The molecule has 0 unspecified atom stereocenters. The second-order valence-electron chi connectivity index (χ2n) is 5.13. The Morgan fingerprint density at radius 2 is 1.86 bits per heavy atom. The van der Waals surface area contributed by atoms with Gasteiger partial charge in [-0.3, -0.25) is 4.79 Å². The molecule has 0 spiro atoms. The van der Waals surface area contributed by atoms with Gasteiger partial charge in [0.25, 0.3) is 15.0 Å². The molecule has 1 amide bonds. The van der Waals surface area contributed by atoms with Gasteiger partial charge in [-0.25, -0.2) is 8.42 Å². The number of carbonyl (C=O) groups is 1. The van der Waals surface area contributed by atoms with E-state index < -0.39 is 9.05 Å². The van der Waals surface area contributed by atoms with Gasteiger partial charge in [0, 0.05) is 30.5 Å². The minimum absolute atomic E-state index is 0.0589. The number of halogens is 1. The second-order valence-corrected chi connectivity index (χ2v) is 7.70. The summed E-state index contributed by atoms with van der Waals surface area (Å²) in [6.07, 6.45) is 8.25. The highest BCUT2D eigenvalue weighted by molar-refractivity contribution is 8.13. The lowest BCUT2D eigenvalue weighted by Crippen LogP contribution is -2.26. The Morgan fingerprint density at radius 3 is 2.43 bits per heavy atom. The molecule has 0 bridgehead atoms. The molecule has 5 nitrogen and oxygen atoms in total. The smallest absolute Gasteiger partial charge is 0.267 e. The minimum atomic E-state index is -3.80. The molecule has 21 heavy (non-hydrogen) atoms. The van der Waals surface area contributed by atoms with Gasteiger partial charge >= 0.3 is 0 Å². The van der Waals surface area contributed by atoms with Crippen LogP contribution in [0.3, 0.4) is 0 Å². The number of nitrogens with zero attached hydrogens (tertiary/aromatic N) is 1. The number of aromatic nitrogens is 1. The van der Waals surface area contributed by atoms with Gasteiger partial charge < -0.3 is 9.88 Å². The standard InChI is InChI=1S/C14H23ClN2O3S/c1-3-4-5-6-7-8-9-16-14(18)13-10-12(11-17(13)2)21(15,19)20/h10-11H,3-9H2,1-2H3,(H,16,18). The predicted molar refractivity (Wildman–Crippen MR) is 84.2 cm³/mol. The number of aryl methyl sites for hydroxylation is 1. The number of unbranched alkanes of at least 4 members (excludes halogenated alkanes) is 5. The van der Waals surface area contributed by atoms with Crippen molar-refractivity contribution in [3.05, 3.63) is 18.0 Å². The number of hydrogen-bond donors (Lipinski definition) is 1. The molecule has 1 heterocycles. The Balaban J connectivity index is 2.41. The molecule has 0 aliphatic heterocycles. The van der Waals surface area contributed by atoms with Crippen molar-refractivity contribution in [1.29, 1.82) is 0 Å². The van der Waals surface area contributed by atoms with E-state index in [4.69, 9.17) is 10.7 Å². The Labute approximate surface area is 131 Å². The number of amides is 1. The zero-order chi connectivity index (χ0) is 15.9. The number of carbonyl (C=O) groups excluding carboxylic acids is 1. The molecule has 1 N–H and O–H groups in total. The largest absolute Gasteiger partial charge is 0.351 e. The molecule has 0 aliphatic rings. The topological polar surface area (TPSA) is 68.2 Å². The summed E-state index contributed by atoms with van der Waals surface area (Å²) in [5, 5.41) is 2.80. The van der Waals surface area contributed by atoms with Crippen molar-refractivity contribution >= 4 is 25.6 Å². The Morgan fingerprint density at radius 1 is 1.24 bits per heavy atom. The van der Waals surface area contributed by atoms with E-state index in [1.54, 1.807) is 7.05 Å². The lowest BCUT2D eigenvalue weighted by atomic mass is 10.1. The average Bonchev–Trinajstić information content (AvgIpc) is 2.79. The lowest BCUT2D eigenvalue weighted by molar-refractivity contribution is 0.0945. The second kappa shape index (κ2) is 8.44. The van der Waals surface area contributed by atoms with Crippen molar-refractivity contribution in [2.75, 3.05) is 6.54 Å².